The Labute approximate surface area is 96.5 Å². The minimum absolute atomic E-state index is 0.0618. The van der Waals surface area contributed by atoms with E-state index in [1.54, 1.807) is 0 Å². The number of fused-ring (bicyclic) bond motifs is 1. The maximum atomic E-state index is 12.1. The van der Waals surface area contributed by atoms with Gasteiger partial charge in [0, 0.05) is 11.8 Å². The summed E-state index contributed by atoms with van der Waals surface area (Å²) in [5.41, 5.74) is -0.255. The molecule has 0 N–H and O–H groups in total. The Kier molecular flexibility index (Phi) is 3.04. The Morgan fingerprint density at radius 1 is 1.38 bits per heavy atom. The van der Waals surface area contributed by atoms with E-state index >= 15 is 0 Å². The summed E-state index contributed by atoms with van der Waals surface area (Å²) in [7, 11) is 1.43. The predicted octanol–water partition coefficient (Wildman–Crippen LogP) is 2.33. The fraction of sp³-hybridized carbons (Fsp3) is 0.846. The third-order valence-corrected chi connectivity index (χ3v) is 4.56. The molecule has 0 aromatic carbocycles. The van der Waals surface area contributed by atoms with Gasteiger partial charge in [0.05, 0.1) is 13.0 Å². The number of ketones is 1. The first kappa shape index (κ1) is 11.6. The predicted molar refractivity (Wildman–Crippen MR) is 59.8 cm³/mol. The van der Waals surface area contributed by atoms with Crippen LogP contribution in [0.1, 0.15) is 45.4 Å². The smallest absolute Gasteiger partial charge is 0.308 e. The van der Waals surface area contributed by atoms with E-state index < -0.39 is 0 Å². The zero-order valence-corrected chi connectivity index (χ0v) is 10.1. The number of carbonyl (C=O) groups excluding carboxylic acids is 2. The van der Waals surface area contributed by atoms with Gasteiger partial charge < -0.3 is 4.74 Å². The van der Waals surface area contributed by atoms with Crippen molar-refractivity contribution in [2.75, 3.05) is 7.11 Å². The van der Waals surface area contributed by atoms with Gasteiger partial charge >= 0.3 is 5.97 Å². The Morgan fingerprint density at radius 2 is 2.12 bits per heavy atom. The van der Waals surface area contributed by atoms with Crippen LogP contribution in [0.4, 0.5) is 0 Å². The van der Waals surface area contributed by atoms with Gasteiger partial charge in [-0.15, -0.1) is 0 Å². The van der Waals surface area contributed by atoms with Crippen molar-refractivity contribution in [1.82, 2.24) is 0 Å². The van der Waals surface area contributed by atoms with Crippen LogP contribution >= 0.6 is 0 Å². The van der Waals surface area contributed by atoms with Crippen LogP contribution in [0.2, 0.25) is 0 Å². The minimum atomic E-state index is -0.255. The fourth-order valence-electron chi connectivity index (χ4n) is 3.47. The molecule has 2 saturated carbocycles. The molecule has 2 fully saturated rings. The van der Waals surface area contributed by atoms with Gasteiger partial charge in [-0.2, -0.15) is 0 Å². The van der Waals surface area contributed by atoms with Crippen LogP contribution in [0.5, 0.6) is 0 Å². The van der Waals surface area contributed by atoms with E-state index in [2.05, 4.69) is 0 Å². The van der Waals surface area contributed by atoms with Crippen LogP contribution < -0.4 is 0 Å². The van der Waals surface area contributed by atoms with Gasteiger partial charge in [0.15, 0.2) is 0 Å². The number of esters is 1. The number of methoxy groups -OCH3 is 1. The van der Waals surface area contributed by atoms with Crippen molar-refractivity contribution in [1.29, 1.82) is 0 Å². The van der Waals surface area contributed by atoms with E-state index in [0.717, 1.165) is 25.7 Å². The SMILES string of the molecule is COC(=O)[C@H]1CC[C@H]2CCCC(=O)[C@@]2(C)C1. The summed E-state index contributed by atoms with van der Waals surface area (Å²) in [6.07, 6.45) is 5.46. The molecule has 0 aromatic rings. The van der Waals surface area contributed by atoms with Crippen molar-refractivity contribution in [3.8, 4) is 0 Å². The lowest BCUT2D eigenvalue weighted by Crippen LogP contribution is -2.45. The Morgan fingerprint density at radius 3 is 2.81 bits per heavy atom. The quantitative estimate of drug-likeness (QED) is 0.642. The second kappa shape index (κ2) is 4.19. The molecule has 0 aliphatic heterocycles. The summed E-state index contributed by atoms with van der Waals surface area (Å²) in [5, 5.41) is 0. The summed E-state index contributed by atoms with van der Waals surface area (Å²) in [4.78, 5) is 23.6. The number of carbonyl (C=O) groups is 2. The molecular weight excluding hydrogens is 204 g/mol. The molecule has 0 saturated heterocycles. The van der Waals surface area contributed by atoms with Gasteiger partial charge in [-0.25, -0.2) is 0 Å². The first-order valence-electron chi connectivity index (χ1n) is 6.19. The summed E-state index contributed by atoms with van der Waals surface area (Å²) >= 11 is 0. The standard InChI is InChI=1S/C13H20O3/c1-13-8-9(12(15)16-2)6-7-10(13)4-3-5-11(13)14/h9-10H,3-8H2,1-2H3/t9-,10+,13-/m0/s1. The number of rotatable bonds is 1. The molecule has 2 aliphatic carbocycles. The molecule has 0 amide bonds. The molecule has 0 spiro atoms. The topological polar surface area (TPSA) is 43.4 Å². The molecule has 0 unspecified atom stereocenters. The molecule has 0 heterocycles. The zero-order valence-electron chi connectivity index (χ0n) is 10.1. The number of hydrogen-bond donors (Lipinski definition) is 0. The highest BCUT2D eigenvalue weighted by molar-refractivity contribution is 5.86. The maximum absolute atomic E-state index is 12.1. The summed E-state index contributed by atoms with van der Waals surface area (Å²) < 4.78 is 4.80. The second-order valence-corrected chi connectivity index (χ2v) is 5.43. The molecule has 3 heteroatoms. The molecule has 0 aromatic heterocycles. The van der Waals surface area contributed by atoms with Gasteiger partial charge in [0.1, 0.15) is 5.78 Å². The largest absolute Gasteiger partial charge is 0.469 e. The van der Waals surface area contributed by atoms with Crippen molar-refractivity contribution in [3.63, 3.8) is 0 Å². The van der Waals surface area contributed by atoms with Crippen LogP contribution in [-0.2, 0) is 14.3 Å². The molecule has 0 bridgehead atoms. The molecule has 90 valence electrons. The van der Waals surface area contributed by atoms with Crippen LogP contribution in [0.25, 0.3) is 0 Å². The van der Waals surface area contributed by atoms with Gasteiger partial charge in [0.25, 0.3) is 0 Å². The minimum Gasteiger partial charge on any atom is -0.469 e. The number of Topliss-reactive ketones (excluding diaryl/α,β-unsaturated/α-hetero) is 1. The molecule has 3 nitrogen and oxygen atoms in total. The summed E-state index contributed by atoms with van der Waals surface area (Å²) in [6, 6.07) is 0. The number of ether oxygens (including phenoxy) is 1. The molecular formula is C13H20O3. The normalized spacial score (nSPS) is 39.0. The van der Waals surface area contributed by atoms with E-state index in [4.69, 9.17) is 4.74 Å². The highest BCUT2D eigenvalue weighted by atomic mass is 16.5. The fourth-order valence-corrected chi connectivity index (χ4v) is 3.47. The zero-order chi connectivity index (χ0) is 11.8. The first-order chi connectivity index (χ1) is 7.58. The average molecular weight is 224 g/mol. The third kappa shape index (κ3) is 1.76. The lowest BCUT2D eigenvalue weighted by atomic mass is 9.57. The molecule has 0 radical (unpaired) electrons. The molecule has 3 atom stereocenters. The first-order valence-corrected chi connectivity index (χ1v) is 6.19. The van der Waals surface area contributed by atoms with E-state index in [1.165, 1.54) is 7.11 Å². The Balaban J connectivity index is 2.15. The van der Waals surface area contributed by atoms with Crippen LogP contribution in [0.15, 0.2) is 0 Å². The summed E-state index contributed by atoms with van der Waals surface area (Å²) in [6.45, 7) is 2.05. The molecule has 2 aliphatic rings. The lowest BCUT2D eigenvalue weighted by molar-refractivity contribution is -0.152. The lowest BCUT2D eigenvalue weighted by Gasteiger charge is -2.45. The molecule has 2 rings (SSSR count). The Bertz CT molecular complexity index is 310. The van der Waals surface area contributed by atoms with Crippen molar-refractivity contribution < 1.29 is 14.3 Å². The van der Waals surface area contributed by atoms with E-state index in [0.29, 0.717) is 24.5 Å². The van der Waals surface area contributed by atoms with Gasteiger partial charge in [-0.3, -0.25) is 9.59 Å². The van der Waals surface area contributed by atoms with Gasteiger partial charge in [-0.05, 0) is 38.0 Å². The second-order valence-electron chi connectivity index (χ2n) is 5.43. The highest BCUT2D eigenvalue weighted by Crippen LogP contribution is 2.50. The monoisotopic (exact) mass is 224 g/mol. The third-order valence-electron chi connectivity index (χ3n) is 4.56. The van der Waals surface area contributed by atoms with E-state index in [-0.39, 0.29) is 17.3 Å². The van der Waals surface area contributed by atoms with E-state index in [1.807, 2.05) is 6.92 Å². The molecule has 16 heavy (non-hydrogen) atoms. The number of hydrogen-bond acceptors (Lipinski definition) is 3. The van der Waals surface area contributed by atoms with Crippen molar-refractivity contribution in [2.24, 2.45) is 17.3 Å². The maximum Gasteiger partial charge on any atom is 0.308 e. The summed E-state index contributed by atoms with van der Waals surface area (Å²) in [5.74, 6) is 0.651. The van der Waals surface area contributed by atoms with Crippen molar-refractivity contribution >= 4 is 11.8 Å². The van der Waals surface area contributed by atoms with Crippen molar-refractivity contribution in [2.45, 2.75) is 45.4 Å². The average Bonchev–Trinajstić information content (AvgIpc) is 2.29. The highest BCUT2D eigenvalue weighted by Gasteiger charge is 2.48. The van der Waals surface area contributed by atoms with Crippen LogP contribution in [0.3, 0.4) is 0 Å². The Hall–Kier alpha value is -0.860. The van der Waals surface area contributed by atoms with Crippen molar-refractivity contribution in [3.05, 3.63) is 0 Å². The van der Waals surface area contributed by atoms with Crippen LogP contribution in [0, 0.1) is 17.3 Å². The van der Waals surface area contributed by atoms with Gasteiger partial charge in [-0.1, -0.05) is 6.92 Å². The van der Waals surface area contributed by atoms with Gasteiger partial charge in [0.2, 0.25) is 0 Å². The van der Waals surface area contributed by atoms with E-state index in [9.17, 15) is 9.59 Å². The van der Waals surface area contributed by atoms with Crippen LogP contribution in [-0.4, -0.2) is 18.9 Å².